The van der Waals surface area contributed by atoms with Crippen LogP contribution >= 0.6 is 0 Å². The number of hydrogen-bond acceptors (Lipinski definition) is 2. The molecular weight excluding hydrogens is 224 g/mol. The lowest BCUT2D eigenvalue weighted by atomic mass is 9.90. The third-order valence-corrected chi connectivity index (χ3v) is 3.39. The number of nitrogens with two attached hydrogens (primary N) is 1. The van der Waals surface area contributed by atoms with Gasteiger partial charge in [0.15, 0.2) is 0 Å². The molecule has 1 atom stereocenters. The topological polar surface area (TPSA) is 46.3 Å². The van der Waals surface area contributed by atoms with Crippen molar-refractivity contribution >= 4 is 5.91 Å². The normalized spacial score (nSPS) is 12.2. The van der Waals surface area contributed by atoms with Gasteiger partial charge in [0.1, 0.15) is 0 Å². The molecule has 1 rings (SSSR count). The Hall–Kier alpha value is -1.35. The van der Waals surface area contributed by atoms with Crippen molar-refractivity contribution in [3.05, 3.63) is 35.4 Å². The maximum Gasteiger partial charge on any atom is 0.230 e. The average molecular weight is 248 g/mol. The maximum atomic E-state index is 12.5. The van der Waals surface area contributed by atoms with E-state index in [1.165, 1.54) is 0 Å². The van der Waals surface area contributed by atoms with Crippen LogP contribution in [0.15, 0.2) is 24.3 Å². The van der Waals surface area contributed by atoms with E-state index in [0.29, 0.717) is 13.0 Å². The second-order valence-corrected chi connectivity index (χ2v) is 4.50. The zero-order valence-corrected chi connectivity index (χ0v) is 11.6. The number of aryl methyl sites for hydroxylation is 1. The van der Waals surface area contributed by atoms with Gasteiger partial charge in [0, 0.05) is 13.1 Å². The first-order valence-electron chi connectivity index (χ1n) is 6.70. The smallest absolute Gasteiger partial charge is 0.230 e. The molecule has 1 aromatic carbocycles. The summed E-state index contributed by atoms with van der Waals surface area (Å²) < 4.78 is 0. The minimum absolute atomic E-state index is 0.101. The van der Waals surface area contributed by atoms with Gasteiger partial charge in [-0.3, -0.25) is 4.79 Å². The van der Waals surface area contributed by atoms with Crippen molar-refractivity contribution in [2.45, 2.75) is 33.1 Å². The SMILES string of the molecule is CCN(CC)C(=O)C(CCN)c1ccccc1C. The van der Waals surface area contributed by atoms with Crippen molar-refractivity contribution in [1.82, 2.24) is 4.90 Å². The number of hydrogen-bond donors (Lipinski definition) is 1. The van der Waals surface area contributed by atoms with Crippen molar-refractivity contribution in [3.63, 3.8) is 0 Å². The van der Waals surface area contributed by atoms with E-state index < -0.39 is 0 Å². The Balaban J connectivity index is 3.02. The summed E-state index contributed by atoms with van der Waals surface area (Å²) in [7, 11) is 0. The van der Waals surface area contributed by atoms with Crippen molar-refractivity contribution in [1.29, 1.82) is 0 Å². The molecule has 0 saturated heterocycles. The van der Waals surface area contributed by atoms with Gasteiger partial charge < -0.3 is 10.6 Å². The van der Waals surface area contributed by atoms with Crippen LogP contribution in [0.3, 0.4) is 0 Å². The summed E-state index contributed by atoms with van der Waals surface area (Å²) in [5, 5.41) is 0. The molecule has 0 bridgehead atoms. The van der Waals surface area contributed by atoms with Crippen molar-refractivity contribution in [2.24, 2.45) is 5.73 Å². The fraction of sp³-hybridized carbons (Fsp3) is 0.533. The molecule has 100 valence electrons. The Morgan fingerprint density at radius 1 is 1.28 bits per heavy atom. The van der Waals surface area contributed by atoms with Gasteiger partial charge in [-0.05, 0) is 44.9 Å². The molecule has 18 heavy (non-hydrogen) atoms. The molecule has 1 amide bonds. The number of amides is 1. The molecule has 0 radical (unpaired) electrons. The maximum absolute atomic E-state index is 12.5. The van der Waals surface area contributed by atoms with E-state index >= 15 is 0 Å². The zero-order valence-electron chi connectivity index (χ0n) is 11.6. The van der Waals surface area contributed by atoms with Crippen LogP contribution in [-0.2, 0) is 4.79 Å². The number of carbonyl (C=O) groups is 1. The Bertz CT molecular complexity index is 386. The highest BCUT2D eigenvalue weighted by molar-refractivity contribution is 5.84. The fourth-order valence-corrected chi connectivity index (χ4v) is 2.31. The highest BCUT2D eigenvalue weighted by atomic mass is 16.2. The van der Waals surface area contributed by atoms with Crippen LogP contribution in [0.5, 0.6) is 0 Å². The number of nitrogens with zero attached hydrogens (tertiary/aromatic N) is 1. The molecule has 3 heteroatoms. The minimum atomic E-state index is -0.101. The van der Waals surface area contributed by atoms with Crippen LogP contribution in [0.2, 0.25) is 0 Å². The van der Waals surface area contributed by atoms with E-state index in [0.717, 1.165) is 24.2 Å². The molecule has 0 saturated carbocycles. The van der Waals surface area contributed by atoms with Crippen LogP contribution < -0.4 is 5.73 Å². The number of rotatable bonds is 6. The van der Waals surface area contributed by atoms with Gasteiger partial charge in [-0.25, -0.2) is 0 Å². The molecule has 0 fully saturated rings. The van der Waals surface area contributed by atoms with Crippen LogP contribution in [-0.4, -0.2) is 30.4 Å². The third-order valence-electron chi connectivity index (χ3n) is 3.39. The number of carbonyl (C=O) groups excluding carboxylic acids is 1. The summed E-state index contributed by atoms with van der Waals surface area (Å²) in [6, 6.07) is 8.08. The number of likely N-dealkylation sites (N-methyl/N-ethyl adjacent to an activating group) is 1. The van der Waals surface area contributed by atoms with Gasteiger partial charge >= 0.3 is 0 Å². The quantitative estimate of drug-likeness (QED) is 0.839. The summed E-state index contributed by atoms with van der Waals surface area (Å²) >= 11 is 0. The molecule has 0 aromatic heterocycles. The summed E-state index contributed by atoms with van der Waals surface area (Å²) in [6.45, 7) is 8.11. The Morgan fingerprint density at radius 2 is 1.89 bits per heavy atom. The molecule has 0 heterocycles. The highest BCUT2D eigenvalue weighted by Crippen LogP contribution is 2.24. The monoisotopic (exact) mass is 248 g/mol. The Kier molecular flexibility index (Phi) is 5.86. The van der Waals surface area contributed by atoms with Crippen molar-refractivity contribution in [2.75, 3.05) is 19.6 Å². The number of benzene rings is 1. The van der Waals surface area contributed by atoms with Gasteiger partial charge in [-0.1, -0.05) is 24.3 Å². The molecule has 0 aliphatic carbocycles. The van der Waals surface area contributed by atoms with Crippen LogP contribution in [0.1, 0.15) is 37.3 Å². The van der Waals surface area contributed by atoms with Crippen LogP contribution in [0.25, 0.3) is 0 Å². The first-order chi connectivity index (χ1) is 8.65. The van der Waals surface area contributed by atoms with Gasteiger partial charge in [-0.15, -0.1) is 0 Å². The van der Waals surface area contributed by atoms with Crippen molar-refractivity contribution in [3.8, 4) is 0 Å². The third kappa shape index (κ3) is 3.33. The summed E-state index contributed by atoms with van der Waals surface area (Å²) in [5.74, 6) is 0.0934. The van der Waals surface area contributed by atoms with E-state index in [9.17, 15) is 4.79 Å². The lowest BCUT2D eigenvalue weighted by molar-refractivity contribution is -0.132. The predicted octanol–water partition coefficient (Wildman–Crippen LogP) is 2.30. The Morgan fingerprint density at radius 3 is 2.39 bits per heavy atom. The molecule has 0 spiro atoms. The summed E-state index contributed by atoms with van der Waals surface area (Å²) in [6.07, 6.45) is 0.709. The predicted molar refractivity (Wildman–Crippen MR) is 75.5 cm³/mol. The van der Waals surface area contributed by atoms with Gasteiger partial charge in [0.05, 0.1) is 5.92 Å². The van der Waals surface area contributed by atoms with E-state index in [2.05, 4.69) is 0 Å². The zero-order chi connectivity index (χ0) is 13.5. The summed E-state index contributed by atoms with van der Waals surface area (Å²) in [4.78, 5) is 14.4. The standard InChI is InChI=1S/C15H24N2O/c1-4-17(5-2)15(18)14(10-11-16)13-9-7-6-8-12(13)3/h6-9,14H,4-5,10-11,16H2,1-3H3. The molecule has 3 nitrogen and oxygen atoms in total. The van der Waals surface area contributed by atoms with Crippen LogP contribution in [0.4, 0.5) is 0 Å². The average Bonchev–Trinajstić information content (AvgIpc) is 2.38. The molecule has 0 aliphatic heterocycles. The van der Waals surface area contributed by atoms with E-state index in [1.54, 1.807) is 0 Å². The second-order valence-electron chi connectivity index (χ2n) is 4.50. The molecule has 0 aliphatic rings. The first-order valence-corrected chi connectivity index (χ1v) is 6.70. The first kappa shape index (κ1) is 14.7. The lowest BCUT2D eigenvalue weighted by Gasteiger charge is -2.26. The molecular formula is C15H24N2O. The minimum Gasteiger partial charge on any atom is -0.343 e. The summed E-state index contributed by atoms with van der Waals surface area (Å²) in [5.41, 5.74) is 7.94. The van der Waals surface area contributed by atoms with Crippen LogP contribution in [0, 0.1) is 6.92 Å². The van der Waals surface area contributed by atoms with Gasteiger partial charge in [0.2, 0.25) is 5.91 Å². The largest absolute Gasteiger partial charge is 0.343 e. The highest BCUT2D eigenvalue weighted by Gasteiger charge is 2.24. The van der Waals surface area contributed by atoms with E-state index in [-0.39, 0.29) is 11.8 Å². The molecule has 2 N–H and O–H groups in total. The fourth-order valence-electron chi connectivity index (χ4n) is 2.31. The molecule has 1 aromatic rings. The second kappa shape index (κ2) is 7.17. The van der Waals surface area contributed by atoms with E-state index in [1.807, 2.05) is 49.9 Å². The van der Waals surface area contributed by atoms with Gasteiger partial charge in [-0.2, -0.15) is 0 Å². The van der Waals surface area contributed by atoms with Crippen molar-refractivity contribution < 1.29 is 4.79 Å². The lowest BCUT2D eigenvalue weighted by Crippen LogP contribution is -2.35. The van der Waals surface area contributed by atoms with E-state index in [4.69, 9.17) is 5.73 Å². The Labute approximate surface area is 110 Å². The van der Waals surface area contributed by atoms with Gasteiger partial charge in [0.25, 0.3) is 0 Å². The molecule has 1 unspecified atom stereocenters.